The molecule has 1 saturated heterocycles. The Morgan fingerprint density at radius 1 is 1.17 bits per heavy atom. The summed E-state index contributed by atoms with van der Waals surface area (Å²) in [6.07, 6.45) is 5.78. The molecule has 2 aromatic heterocycles. The second kappa shape index (κ2) is 7.12. The maximum Gasteiger partial charge on any atom is 0.226 e. The van der Waals surface area contributed by atoms with Crippen molar-refractivity contribution in [2.45, 2.75) is 18.9 Å². The molecule has 3 rings (SSSR count). The van der Waals surface area contributed by atoms with E-state index in [1.165, 1.54) is 0 Å². The molecule has 1 N–H and O–H groups in total. The quantitative estimate of drug-likeness (QED) is 0.885. The zero-order chi connectivity index (χ0) is 16.2. The molecule has 0 atom stereocenters. The lowest BCUT2D eigenvalue weighted by atomic mass is 10.1. The zero-order valence-corrected chi connectivity index (χ0v) is 15.0. The zero-order valence-electron chi connectivity index (χ0n) is 13.4. The summed E-state index contributed by atoms with van der Waals surface area (Å²) in [7, 11) is 3.89. The van der Waals surface area contributed by atoms with Gasteiger partial charge in [-0.3, -0.25) is 0 Å². The first-order chi connectivity index (χ1) is 11.1. The van der Waals surface area contributed by atoms with Crippen LogP contribution in [0.5, 0.6) is 0 Å². The Morgan fingerprint density at radius 2 is 1.96 bits per heavy atom. The molecule has 0 bridgehead atoms. The molecule has 1 fully saturated rings. The molecule has 0 aromatic carbocycles. The highest BCUT2D eigenvalue weighted by molar-refractivity contribution is 9.10. The molecule has 0 amide bonds. The van der Waals surface area contributed by atoms with Crippen LogP contribution in [0.25, 0.3) is 0 Å². The van der Waals surface area contributed by atoms with E-state index in [2.05, 4.69) is 47.2 Å². The van der Waals surface area contributed by atoms with Crippen molar-refractivity contribution >= 4 is 33.5 Å². The largest absolute Gasteiger partial charge is 0.367 e. The lowest BCUT2D eigenvalue weighted by Gasteiger charge is -2.33. The van der Waals surface area contributed by atoms with Gasteiger partial charge in [0.2, 0.25) is 5.95 Å². The molecule has 0 radical (unpaired) electrons. The summed E-state index contributed by atoms with van der Waals surface area (Å²) < 4.78 is 1.01. The number of rotatable bonds is 4. The topological polar surface area (TPSA) is 57.2 Å². The molecule has 7 heteroatoms. The van der Waals surface area contributed by atoms with Crippen LogP contribution in [0.1, 0.15) is 12.8 Å². The molecule has 0 unspecified atom stereocenters. The van der Waals surface area contributed by atoms with Crippen molar-refractivity contribution in [3.63, 3.8) is 0 Å². The second-order valence-electron chi connectivity index (χ2n) is 5.88. The predicted molar refractivity (Wildman–Crippen MR) is 97.2 cm³/mol. The summed E-state index contributed by atoms with van der Waals surface area (Å²) in [4.78, 5) is 17.5. The number of aromatic nitrogens is 3. The molecule has 0 saturated carbocycles. The number of hydrogen-bond acceptors (Lipinski definition) is 6. The summed E-state index contributed by atoms with van der Waals surface area (Å²) in [5.74, 6) is 2.67. The van der Waals surface area contributed by atoms with Crippen molar-refractivity contribution in [2.75, 3.05) is 42.3 Å². The minimum absolute atomic E-state index is 0.437. The van der Waals surface area contributed by atoms with Gasteiger partial charge < -0.3 is 15.1 Å². The Labute approximate surface area is 145 Å². The van der Waals surface area contributed by atoms with Crippen molar-refractivity contribution < 1.29 is 0 Å². The van der Waals surface area contributed by atoms with Gasteiger partial charge in [0.15, 0.2) is 0 Å². The molecular weight excluding hydrogens is 356 g/mol. The van der Waals surface area contributed by atoms with Crippen LogP contribution in [0, 0.1) is 0 Å². The summed E-state index contributed by atoms with van der Waals surface area (Å²) in [5, 5.41) is 3.52. The Morgan fingerprint density at radius 3 is 2.61 bits per heavy atom. The van der Waals surface area contributed by atoms with Gasteiger partial charge in [0.1, 0.15) is 11.6 Å². The van der Waals surface area contributed by atoms with Crippen LogP contribution in [0.4, 0.5) is 17.6 Å². The van der Waals surface area contributed by atoms with Crippen molar-refractivity contribution in [1.29, 1.82) is 0 Å². The van der Waals surface area contributed by atoms with Crippen LogP contribution in [-0.2, 0) is 0 Å². The number of pyridine rings is 1. The van der Waals surface area contributed by atoms with Crippen LogP contribution in [0.2, 0.25) is 0 Å². The fourth-order valence-corrected chi connectivity index (χ4v) is 2.90. The number of hydrogen-bond donors (Lipinski definition) is 1. The van der Waals surface area contributed by atoms with Gasteiger partial charge >= 0.3 is 0 Å². The third kappa shape index (κ3) is 4.10. The molecule has 1 aliphatic rings. The van der Waals surface area contributed by atoms with Crippen LogP contribution in [-0.4, -0.2) is 48.2 Å². The van der Waals surface area contributed by atoms with Gasteiger partial charge in [0.05, 0.1) is 0 Å². The molecule has 0 spiro atoms. The SMILES string of the molecule is CN(C)c1nccc(NC2CCN(c3ccc(Br)cn3)CC2)n1. The van der Waals surface area contributed by atoms with E-state index >= 15 is 0 Å². The van der Waals surface area contributed by atoms with Crippen molar-refractivity contribution in [1.82, 2.24) is 15.0 Å². The first-order valence-electron chi connectivity index (χ1n) is 7.75. The minimum atomic E-state index is 0.437. The summed E-state index contributed by atoms with van der Waals surface area (Å²) in [5.41, 5.74) is 0. The summed E-state index contributed by atoms with van der Waals surface area (Å²) >= 11 is 3.43. The third-order valence-corrected chi connectivity index (χ3v) is 4.39. The molecule has 2 aromatic rings. The minimum Gasteiger partial charge on any atom is -0.367 e. The highest BCUT2D eigenvalue weighted by Gasteiger charge is 2.20. The Balaban J connectivity index is 1.57. The van der Waals surface area contributed by atoms with Gasteiger partial charge in [-0.25, -0.2) is 9.97 Å². The van der Waals surface area contributed by atoms with Crippen molar-refractivity contribution in [3.05, 3.63) is 35.1 Å². The monoisotopic (exact) mass is 376 g/mol. The van der Waals surface area contributed by atoms with Gasteiger partial charge in [-0.1, -0.05) is 0 Å². The fourth-order valence-electron chi connectivity index (χ4n) is 2.66. The second-order valence-corrected chi connectivity index (χ2v) is 6.79. The predicted octanol–water partition coefficient (Wildman–Crippen LogP) is 2.78. The maximum absolute atomic E-state index is 4.53. The highest BCUT2D eigenvalue weighted by Crippen LogP contribution is 2.21. The first kappa shape index (κ1) is 16.0. The highest BCUT2D eigenvalue weighted by atomic mass is 79.9. The fraction of sp³-hybridized carbons (Fsp3) is 0.438. The van der Waals surface area contributed by atoms with E-state index in [4.69, 9.17) is 0 Å². The number of piperidine rings is 1. The van der Waals surface area contributed by atoms with Crippen LogP contribution in [0.3, 0.4) is 0 Å². The number of anilines is 3. The summed E-state index contributed by atoms with van der Waals surface area (Å²) in [6, 6.07) is 6.46. The van der Waals surface area contributed by atoms with E-state index in [1.807, 2.05) is 37.3 Å². The lowest BCUT2D eigenvalue weighted by molar-refractivity contribution is 0.522. The van der Waals surface area contributed by atoms with Gasteiger partial charge in [-0.05, 0) is 47.0 Å². The van der Waals surface area contributed by atoms with E-state index in [-0.39, 0.29) is 0 Å². The van der Waals surface area contributed by atoms with Crippen LogP contribution in [0.15, 0.2) is 35.1 Å². The Kier molecular flexibility index (Phi) is 4.95. The molecule has 0 aliphatic carbocycles. The molecule has 1 aliphatic heterocycles. The molecule has 6 nitrogen and oxygen atoms in total. The number of nitrogens with one attached hydrogen (secondary N) is 1. The first-order valence-corrected chi connectivity index (χ1v) is 8.54. The van der Waals surface area contributed by atoms with Gasteiger partial charge in [0, 0.05) is 50.1 Å². The Hall–Kier alpha value is -1.89. The smallest absolute Gasteiger partial charge is 0.226 e. The van der Waals surface area contributed by atoms with E-state index in [0.717, 1.165) is 48.0 Å². The molecule has 122 valence electrons. The molecule has 3 heterocycles. The van der Waals surface area contributed by atoms with Crippen molar-refractivity contribution in [3.8, 4) is 0 Å². The Bertz CT molecular complexity index is 637. The summed E-state index contributed by atoms with van der Waals surface area (Å²) in [6.45, 7) is 2.00. The van der Waals surface area contributed by atoms with E-state index in [1.54, 1.807) is 6.20 Å². The van der Waals surface area contributed by atoms with Crippen LogP contribution < -0.4 is 15.1 Å². The maximum atomic E-state index is 4.53. The third-order valence-electron chi connectivity index (χ3n) is 3.93. The lowest BCUT2D eigenvalue weighted by Crippen LogP contribution is -2.39. The number of halogens is 1. The van der Waals surface area contributed by atoms with Gasteiger partial charge in [-0.15, -0.1) is 0 Å². The molecule has 23 heavy (non-hydrogen) atoms. The molecular formula is C16H21BrN6. The van der Waals surface area contributed by atoms with Crippen molar-refractivity contribution in [2.24, 2.45) is 0 Å². The standard InChI is InChI=1S/C16H21BrN6/c1-22(2)16-18-8-5-14(21-16)20-13-6-9-23(10-7-13)15-4-3-12(17)11-19-15/h3-5,8,11,13H,6-7,9-10H2,1-2H3,(H,18,20,21). The normalized spacial score (nSPS) is 15.5. The van der Waals surface area contributed by atoms with Gasteiger partial charge in [0.25, 0.3) is 0 Å². The average Bonchev–Trinajstić information content (AvgIpc) is 2.57. The van der Waals surface area contributed by atoms with Crippen LogP contribution >= 0.6 is 15.9 Å². The van der Waals surface area contributed by atoms with Gasteiger partial charge in [-0.2, -0.15) is 4.98 Å². The number of nitrogens with zero attached hydrogens (tertiary/aromatic N) is 5. The van der Waals surface area contributed by atoms with E-state index in [9.17, 15) is 0 Å². The van der Waals surface area contributed by atoms with E-state index in [0.29, 0.717) is 6.04 Å². The van der Waals surface area contributed by atoms with E-state index < -0.39 is 0 Å². The average molecular weight is 377 g/mol.